The lowest BCUT2D eigenvalue weighted by Crippen LogP contribution is -2.48. The zero-order valence-electron chi connectivity index (χ0n) is 13.5. The van der Waals surface area contributed by atoms with E-state index in [0.717, 1.165) is 19.3 Å². The number of nitrogens with one attached hydrogen (secondary N) is 2. The van der Waals surface area contributed by atoms with E-state index in [1.165, 1.54) is 11.1 Å². The van der Waals surface area contributed by atoms with E-state index in [1.807, 2.05) is 12.1 Å². The van der Waals surface area contributed by atoms with Crippen LogP contribution in [-0.2, 0) is 6.42 Å². The number of benzene rings is 1. The second kappa shape index (κ2) is 8.82. The number of halogens is 2. The van der Waals surface area contributed by atoms with Crippen molar-refractivity contribution in [2.45, 2.75) is 38.7 Å². The molecule has 4 nitrogen and oxygen atoms in total. The van der Waals surface area contributed by atoms with E-state index in [2.05, 4.69) is 29.7 Å². The fraction of sp³-hybridized carbons (Fsp3) is 0.588. The Hall–Kier alpha value is -1.69. The predicted molar refractivity (Wildman–Crippen MR) is 86.9 cm³/mol. The summed E-state index contributed by atoms with van der Waals surface area (Å²) < 4.78 is 24.6. The monoisotopic (exact) mass is 325 g/mol. The van der Waals surface area contributed by atoms with Crippen molar-refractivity contribution in [1.29, 1.82) is 0 Å². The number of amides is 2. The van der Waals surface area contributed by atoms with Crippen LogP contribution >= 0.6 is 0 Å². The fourth-order valence-corrected chi connectivity index (χ4v) is 2.89. The number of nitrogens with zero attached hydrogens (tertiary/aromatic N) is 1. The minimum atomic E-state index is -2.29. The summed E-state index contributed by atoms with van der Waals surface area (Å²) in [5.74, 6) is 0. The summed E-state index contributed by atoms with van der Waals surface area (Å²) in [5, 5.41) is 5.79. The molecule has 23 heavy (non-hydrogen) atoms. The van der Waals surface area contributed by atoms with Crippen LogP contribution in [0.4, 0.5) is 13.6 Å². The van der Waals surface area contributed by atoms with Gasteiger partial charge in [-0.15, -0.1) is 0 Å². The van der Waals surface area contributed by atoms with Gasteiger partial charge in [0.05, 0.1) is 6.54 Å². The van der Waals surface area contributed by atoms with Gasteiger partial charge in [-0.2, -0.15) is 0 Å². The van der Waals surface area contributed by atoms with Crippen LogP contribution in [0.25, 0.3) is 0 Å². The molecule has 1 aliphatic heterocycles. The van der Waals surface area contributed by atoms with Crippen LogP contribution in [0.15, 0.2) is 24.3 Å². The minimum Gasteiger partial charge on any atom is -0.338 e. The molecule has 1 heterocycles. The first-order valence-corrected chi connectivity index (χ1v) is 8.14. The van der Waals surface area contributed by atoms with Crippen molar-refractivity contribution in [1.82, 2.24) is 15.5 Å². The van der Waals surface area contributed by atoms with E-state index in [9.17, 15) is 13.6 Å². The molecule has 1 aliphatic rings. The Morgan fingerprint density at radius 1 is 1.30 bits per heavy atom. The Labute approximate surface area is 136 Å². The Kier molecular flexibility index (Phi) is 6.77. The molecule has 0 spiro atoms. The van der Waals surface area contributed by atoms with Gasteiger partial charge < -0.3 is 10.6 Å². The van der Waals surface area contributed by atoms with Crippen molar-refractivity contribution >= 4 is 6.03 Å². The van der Waals surface area contributed by atoms with Gasteiger partial charge in [0.25, 0.3) is 6.43 Å². The number of carbonyl (C=O) groups excluding carboxylic acids is 1. The second-order valence-corrected chi connectivity index (χ2v) is 6.04. The molecule has 2 amide bonds. The smallest absolute Gasteiger partial charge is 0.315 e. The van der Waals surface area contributed by atoms with E-state index in [-0.39, 0.29) is 18.6 Å². The SMILES string of the molecule is Cc1ccccc1CCNC(=O)NC1CCN(CC(F)F)CC1. The number of hydrogen-bond donors (Lipinski definition) is 2. The topological polar surface area (TPSA) is 44.4 Å². The number of carbonyl (C=O) groups is 1. The average Bonchev–Trinajstić information content (AvgIpc) is 2.51. The maximum absolute atomic E-state index is 12.3. The molecule has 2 rings (SSSR count). The van der Waals surface area contributed by atoms with Gasteiger partial charge in [0, 0.05) is 25.7 Å². The first-order valence-electron chi connectivity index (χ1n) is 8.14. The normalized spacial score (nSPS) is 16.5. The Bertz CT molecular complexity index is 502. The highest BCUT2D eigenvalue weighted by molar-refractivity contribution is 5.74. The number of hydrogen-bond acceptors (Lipinski definition) is 2. The predicted octanol–water partition coefficient (Wildman–Crippen LogP) is 2.57. The zero-order chi connectivity index (χ0) is 16.7. The summed E-state index contributed by atoms with van der Waals surface area (Å²) in [7, 11) is 0. The highest BCUT2D eigenvalue weighted by Gasteiger charge is 2.22. The van der Waals surface area contributed by atoms with Gasteiger partial charge in [-0.3, -0.25) is 4.90 Å². The molecular weight excluding hydrogens is 300 g/mol. The first kappa shape index (κ1) is 17.7. The number of likely N-dealkylation sites (tertiary alicyclic amines) is 1. The highest BCUT2D eigenvalue weighted by Crippen LogP contribution is 2.12. The molecule has 1 aromatic rings. The van der Waals surface area contributed by atoms with Crippen molar-refractivity contribution in [2.24, 2.45) is 0 Å². The van der Waals surface area contributed by atoms with Crippen LogP contribution in [0, 0.1) is 6.92 Å². The van der Waals surface area contributed by atoms with Gasteiger partial charge in [0.1, 0.15) is 0 Å². The van der Waals surface area contributed by atoms with Crippen molar-refractivity contribution in [3.8, 4) is 0 Å². The molecule has 0 radical (unpaired) electrons. The van der Waals surface area contributed by atoms with Crippen LogP contribution in [0.2, 0.25) is 0 Å². The lowest BCUT2D eigenvalue weighted by atomic mass is 10.1. The van der Waals surface area contributed by atoms with Crippen LogP contribution in [-0.4, -0.2) is 49.6 Å². The van der Waals surface area contributed by atoms with E-state index >= 15 is 0 Å². The molecule has 0 aromatic heterocycles. The Morgan fingerprint density at radius 3 is 2.65 bits per heavy atom. The molecule has 0 aliphatic carbocycles. The lowest BCUT2D eigenvalue weighted by molar-refractivity contribution is 0.0737. The minimum absolute atomic E-state index is 0.0717. The summed E-state index contributed by atoms with van der Waals surface area (Å²) in [6, 6.07) is 8.01. The van der Waals surface area contributed by atoms with Crippen LogP contribution < -0.4 is 10.6 Å². The Balaban J connectivity index is 1.63. The van der Waals surface area contributed by atoms with Crippen LogP contribution in [0.3, 0.4) is 0 Å². The molecule has 128 valence electrons. The standard InChI is InChI=1S/C17H25F2N3O/c1-13-4-2-3-5-14(13)6-9-20-17(23)21-15-7-10-22(11-8-15)12-16(18)19/h2-5,15-16H,6-12H2,1H3,(H2,20,21,23). The van der Waals surface area contributed by atoms with Gasteiger partial charge in [0.15, 0.2) is 0 Å². The van der Waals surface area contributed by atoms with Gasteiger partial charge in [-0.1, -0.05) is 24.3 Å². The number of alkyl halides is 2. The van der Waals surface area contributed by atoms with E-state index < -0.39 is 6.43 Å². The van der Waals surface area contributed by atoms with Crippen molar-refractivity contribution in [3.05, 3.63) is 35.4 Å². The van der Waals surface area contributed by atoms with Gasteiger partial charge in [-0.05, 0) is 37.3 Å². The summed E-state index contributed by atoms with van der Waals surface area (Å²) in [6.45, 7) is 3.69. The van der Waals surface area contributed by atoms with Crippen LogP contribution in [0.1, 0.15) is 24.0 Å². The second-order valence-electron chi connectivity index (χ2n) is 6.04. The molecule has 0 bridgehead atoms. The van der Waals surface area contributed by atoms with Crippen molar-refractivity contribution in [3.63, 3.8) is 0 Å². The maximum atomic E-state index is 12.3. The van der Waals surface area contributed by atoms with E-state index in [4.69, 9.17) is 0 Å². The van der Waals surface area contributed by atoms with Gasteiger partial charge in [0.2, 0.25) is 0 Å². The number of aryl methyl sites for hydroxylation is 1. The van der Waals surface area contributed by atoms with E-state index in [1.54, 1.807) is 4.90 Å². The first-order chi connectivity index (χ1) is 11.0. The molecule has 1 aromatic carbocycles. The zero-order valence-corrected chi connectivity index (χ0v) is 13.5. The molecule has 0 unspecified atom stereocenters. The summed E-state index contributed by atoms with van der Waals surface area (Å²) in [5.41, 5.74) is 2.45. The third kappa shape index (κ3) is 6.14. The highest BCUT2D eigenvalue weighted by atomic mass is 19.3. The molecule has 0 saturated carbocycles. The van der Waals surface area contributed by atoms with Gasteiger partial charge >= 0.3 is 6.03 Å². The third-order valence-corrected chi connectivity index (χ3v) is 4.26. The van der Waals surface area contributed by atoms with Crippen LogP contribution in [0.5, 0.6) is 0 Å². The molecule has 0 atom stereocenters. The molecule has 2 N–H and O–H groups in total. The quantitative estimate of drug-likeness (QED) is 0.844. The fourth-order valence-electron chi connectivity index (χ4n) is 2.89. The largest absolute Gasteiger partial charge is 0.338 e. The molecule has 1 saturated heterocycles. The lowest BCUT2D eigenvalue weighted by Gasteiger charge is -2.32. The summed E-state index contributed by atoms with van der Waals surface area (Å²) in [6.07, 6.45) is -0.0488. The van der Waals surface area contributed by atoms with Gasteiger partial charge in [-0.25, -0.2) is 13.6 Å². The number of rotatable bonds is 6. The number of urea groups is 1. The van der Waals surface area contributed by atoms with Crippen molar-refractivity contribution < 1.29 is 13.6 Å². The summed E-state index contributed by atoms with van der Waals surface area (Å²) in [4.78, 5) is 13.6. The van der Waals surface area contributed by atoms with E-state index in [0.29, 0.717) is 19.6 Å². The average molecular weight is 325 g/mol. The molecular formula is C17H25F2N3O. The third-order valence-electron chi connectivity index (χ3n) is 4.26. The molecule has 1 fully saturated rings. The Morgan fingerprint density at radius 2 is 2.00 bits per heavy atom. The molecule has 6 heteroatoms. The van der Waals surface area contributed by atoms with Crippen molar-refractivity contribution in [2.75, 3.05) is 26.2 Å². The summed E-state index contributed by atoms with van der Waals surface area (Å²) >= 11 is 0. The number of piperidine rings is 1. The maximum Gasteiger partial charge on any atom is 0.315 e.